The van der Waals surface area contributed by atoms with E-state index in [4.69, 9.17) is 16.3 Å². The summed E-state index contributed by atoms with van der Waals surface area (Å²) in [5, 5.41) is 11.7. The van der Waals surface area contributed by atoms with Crippen LogP contribution in [0.4, 0.5) is 11.5 Å². The van der Waals surface area contributed by atoms with Gasteiger partial charge in [-0.15, -0.1) is 10.2 Å². The third-order valence-corrected chi connectivity index (χ3v) is 5.00. The quantitative estimate of drug-likeness (QED) is 0.878. The summed E-state index contributed by atoms with van der Waals surface area (Å²) in [4.78, 5) is 14.7. The topological polar surface area (TPSA) is 67.3 Å². The molecule has 1 aromatic heterocycles. The van der Waals surface area contributed by atoms with Gasteiger partial charge in [-0.2, -0.15) is 0 Å². The zero-order valence-electron chi connectivity index (χ0n) is 15.3. The van der Waals surface area contributed by atoms with E-state index < -0.39 is 0 Å². The first-order chi connectivity index (χ1) is 12.5. The maximum absolute atomic E-state index is 12.5. The number of piperidine rings is 1. The number of amides is 1. The minimum absolute atomic E-state index is 0.258. The number of hydrogen-bond donors (Lipinski definition) is 1. The summed E-state index contributed by atoms with van der Waals surface area (Å²) in [5.41, 5.74) is 1.66. The molecule has 1 N–H and O–H groups in total. The van der Waals surface area contributed by atoms with Crippen molar-refractivity contribution in [1.82, 2.24) is 10.2 Å². The van der Waals surface area contributed by atoms with Crippen molar-refractivity contribution in [3.63, 3.8) is 0 Å². The van der Waals surface area contributed by atoms with Gasteiger partial charge >= 0.3 is 0 Å². The Hall–Kier alpha value is -2.34. The molecule has 1 atom stereocenters. The molecule has 1 amide bonds. The summed E-state index contributed by atoms with van der Waals surface area (Å²) in [6.07, 6.45) is 2.40. The van der Waals surface area contributed by atoms with Crippen molar-refractivity contribution in [3.8, 4) is 5.75 Å². The number of anilines is 2. The third-order valence-electron chi connectivity index (χ3n) is 4.59. The average molecular weight is 375 g/mol. The minimum Gasteiger partial charge on any atom is -0.495 e. The molecular formula is C19H23ClN4O2. The molecule has 1 aromatic carbocycles. The van der Waals surface area contributed by atoms with Crippen molar-refractivity contribution >= 4 is 29.0 Å². The van der Waals surface area contributed by atoms with Gasteiger partial charge in [-0.25, -0.2) is 0 Å². The first kappa shape index (κ1) is 18.5. The Balaban J connectivity index is 1.73. The fourth-order valence-corrected chi connectivity index (χ4v) is 3.28. The highest BCUT2D eigenvalue weighted by Crippen LogP contribution is 2.31. The first-order valence-electron chi connectivity index (χ1n) is 8.72. The van der Waals surface area contributed by atoms with Crippen LogP contribution in [0.5, 0.6) is 5.75 Å². The van der Waals surface area contributed by atoms with Crippen LogP contribution in [0.15, 0.2) is 24.3 Å². The second-order valence-corrected chi connectivity index (χ2v) is 7.13. The number of nitrogens with zero attached hydrogens (tertiary/aromatic N) is 3. The van der Waals surface area contributed by atoms with E-state index in [9.17, 15) is 4.79 Å². The second-order valence-electron chi connectivity index (χ2n) is 6.73. The van der Waals surface area contributed by atoms with Crippen LogP contribution in [0.2, 0.25) is 5.02 Å². The number of nitrogens with one attached hydrogen (secondary N) is 1. The number of benzene rings is 1. The standard InChI is InChI=1S/C19H23ClN4O2/c1-12-5-4-8-24(11-12)18-7-6-15(22-23-18)19(25)21-16-9-13(2)14(20)10-17(16)26-3/h6-7,9-10,12H,4-5,8,11H2,1-3H3,(H,21,25). The SMILES string of the molecule is COc1cc(Cl)c(C)cc1NC(=O)c1ccc(N2CCCC(C)C2)nn1. The summed E-state index contributed by atoms with van der Waals surface area (Å²) >= 11 is 6.10. The van der Waals surface area contributed by atoms with Gasteiger partial charge in [0.25, 0.3) is 5.91 Å². The van der Waals surface area contributed by atoms with Gasteiger partial charge in [0.15, 0.2) is 11.5 Å². The Kier molecular flexibility index (Phi) is 5.61. The summed E-state index contributed by atoms with van der Waals surface area (Å²) in [7, 11) is 1.53. The fourth-order valence-electron chi connectivity index (χ4n) is 3.13. The smallest absolute Gasteiger partial charge is 0.276 e. The molecular weight excluding hydrogens is 352 g/mol. The summed E-state index contributed by atoms with van der Waals surface area (Å²) in [6, 6.07) is 7.01. The van der Waals surface area contributed by atoms with Gasteiger partial charge in [0.05, 0.1) is 12.8 Å². The molecule has 1 aliphatic rings. The predicted molar refractivity (Wildman–Crippen MR) is 103 cm³/mol. The molecule has 1 saturated heterocycles. The van der Waals surface area contributed by atoms with E-state index in [0.717, 1.165) is 30.9 Å². The van der Waals surface area contributed by atoms with Crippen LogP contribution in [0.3, 0.4) is 0 Å². The Bertz CT molecular complexity index is 795. The molecule has 138 valence electrons. The fraction of sp³-hybridized carbons (Fsp3) is 0.421. The Morgan fingerprint density at radius 2 is 2.15 bits per heavy atom. The predicted octanol–water partition coefficient (Wildman–Crippen LogP) is 3.94. The molecule has 2 heterocycles. The van der Waals surface area contributed by atoms with E-state index in [0.29, 0.717) is 22.4 Å². The van der Waals surface area contributed by atoms with Gasteiger partial charge < -0.3 is 15.0 Å². The Labute approximate surface area is 158 Å². The highest BCUT2D eigenvalue weighted by Gasteiger charge is 2.19. The van der Waals surface area contributed by atoms with Gasteiger partial charge in [0.2, 0.25) is 0 Å². The summed E-state index contributed by atoms with van der Waals surface area (Å²) in [5.74, 6) is 1.62. The number of carbonyl (C=O) groups is 1. The molecule has 26 heavy (non-hydrogen) atoms. The highest BCUT2D eigenvalue weighted by molar-refractivity contribution is 6.31. The molecule has 1 unspecified atom stereocenters. The number of ether oxygens (including phenoxy) is 1. The number of methoxy groups -OCH3 is 1. The van der Waals surface area contributed by atoms with Crippen LogP contribution in [0, 0.1) is 12.8 Å². The van der Waals surface area contributed by atoms with Crippen molar-refractivity contribution in [1.29, 1.82) is 0 Å². The van der Waals surface area contributed by atoms with Crippen molar-refractivity contribution in [3.05, 3.63) is 40.5 Å². The molecule has 7 heteroatoms. The molecule has 1 fully saturated rings. The highest BCUT2D eigenvalue weighted by atomic mass is 35.5. The van der Waals surface area contributed by atoms with Gasteiger partial charge in [0, 0.05) is 24.2 Å². The molecule has 0 aliphatic carbocycles. The number of halogens is 1. The van der Waals surface area contributed by atoms with Crippen molar-refractivity contribution < 1.29 is 9.53 Å². The van der Waals surface area contributed by atoms with Crippen LogP contribution >= 0.6 is 11.6 Å². The Morgan fingerprint density at radius 1 is 1.35 bits per heavy atom. The molecule has 0 spiro atoms. The van der Waals surface area contributed by atoms with Gasteiger partial charge in [0.1, 0.15) is 5.75 Å². The third kappa shape index (κ3) is 4.07. The molecule has 0 saturated carbocycles. The molecule has 0 bridgehead atoms. The molecule has 3 rings (SSSR count). The van der Waals surface area contributed by atoms with E-state index in [1.165, 1.54) is 13.5 Å². The maximum atomic E-state index is 12.5. The van der Waals surface area contributed by atoms with E-state index >= 15 is 0 Å². The number of aromatic nitrogens is 2. The lowest BCUT2D eigenvalue weighted by atomic mass is 10.0. The monoisotopic (exact) mass is 374 g/mol. The number of aryl methyl sites for hydroxylation is 1. The van der Waals surface area contributed by atoms with Crippen LogP contribution in [-0.4, -0.2) is 36.3 Å². The van der Waals surface area contributed by atoms with Gasteiger partial charge in [-0.1, -0.05) is 18.5 Å². The normalized spacial score (nSPS) is 17.1. The lowest BCUT2D eigenvalue weighted by Crippen LogP contribution is -2.35. The van der Waals surface area contributed by atoms with Crippen LogP contribution in [0.25, 0.3) is 0 Å². The summed E-state index contributed by atoms with van der Waals surface area (Å²) < 4.78 is 5.28. The van der Waals surface area contributed by atoms with Crippen LogP contribution in [0.1, 0.15) is 35.8 Å². The number of hydrogen-bond acceptors (Lipinski definition) is 5. The largest absolute Gasteiger partial charge is 0.495 e. The van der Waals surface area contributed by atoms with Crippen molar-refractivity contribution in [2.24, 2.45) is 5.92 Å². The van der Waals surface area contributed by atoms with E-state index in [-0.39, 0.29) is 11.6 Å². The Morgan fingerprint density at radius 3 is 2.81 bits per heavy atom. The molecule has 1 aliphatic heterocycles. The number of carbonyl (C=O) groups excluding carboxylic acids is 1. The zero-order valence-corrected chi connectivity index (χ0v) is 16.0. The average Bonchev–Trinajstić information content (AvgIpc) is 2.64. The van der Waals surface area contributed by atoms with Crippen molar-refractivity contribution in [2.75, 3.05) is 30.4 Å². The number of rotatable bonds is 4. The van der Waals surface area contributed by atoms with Crippen molar-refractivity contribution in [2.45, 2.75) is 26.7 Å². The van der Waals surface area contributed by atoms with Gasteiger partial charge in [-0.3, -0.25) is 4.79 Å². The van der Waals surface area contributed by atoms with Crippen LogP contribution in [-0.2, 0) is 0 Å². The molecule has 6 nitrogen and oxygen atoms in total. The van der Waals surface area contributed by atoms with Gasteiger partial charge in [-0.05, 0) is 49.4 Å². The van der Waals surface area contributed by atoms with E-state index in [1.54, 1.807) is 18.2 Å². The molecule has 2 aromatic rings. The molecule has 0 radical (unpaired) electrons. The van der Waals surface area contributed by atoms with Crippen LogP contribution < -0.4 is 15.0 Å². The lowest BCUT2D eigenvalue weighted by Gasteiger charge is -2.31. The zero-order chi connectivity index (χ0) is 18.7. The second kappa shape index (κ2) is 7.91. The first-order valence-corrected chi connectivity index (χ1v) is 9.10. The minimum atomic E-state index is -0.337. The maximum Gasteiger partial charge on any atom is 0.276 e. The lowest BCUT2D eigenvalue weighted by molar-refractivity contribution is 0.102. The van der Waals surface area contributed by atoms with E-state index in [1.807, 2.05) is 13.0 Å². The summed E-state index contributed by atoms with van der Waals surface area (Å²) in [6.45, 7) is 6.06. The van der Waals surface area contributed by atoms with E-state index in [2.05, 4.69) is 27.3 Å².